The first-order valence-corrected chi connectivity index (χ1v) is 9.61. The van der Waals surface area contributed by atoms with Gasteiger partial charge in [0, 0.05) is 6.20 Å². The van der Waals surface area contributed by atoms with Gasteiger partial charge in [-0.15, -0.1) is 0 Å². The third-order valence-corrected chi connectivity index (χ3v) is 4.74. The predicted octanol–water partition coefficient (Wildman–Crippen LogP) is 4.37. The molecule has 0 saturated heterocycles. The van der Waals surface area contributed by atoms with E-state index >= 15 is 0 Å². The Kier molecular flexibility index (Phi) is 5.61. The summed E-state index contributed by atoms with van der Waals surface area (Å²) in [7, 11) is 0. The van der Waals surface area contributed by atoms with Crippen molar-refractivity contribution in [2.24, 2.45) is 0 Å². The quantitative estimate of drug-likeness (QED) is 0.496. The topological polar surface area (TPSA) is 82.2 Å². The molecule has 4 aromatic rings. The fraction of sp³-hybridized carbons (Fsp3) is 0.174. The van der Waals surface area contributed by atoms with E-state index in [1.807, 2.05) is 61.5 Å². The zero-order chi connectivity index (χ0) is 20.9. The summed E-state index contributed by atoms with van der Waals surface area (Å²) in [4.78, 5) is 12.8. The van der Waals surface area contributed by atoms with Gasteiger partial charge in [-0.2, -0.15) is 5.10 Å². The number of ether oxygens (including phenoxy) is 1. The lowest BCUT2D eigenvalue weighted by molar-refractivity contribution is 0.101. The zero-order valence-corrected chi connectivity index (χ0v) is 16.8. The summed E-state index contributed by atoms with van der Waals surface area (Å²) in [6.45, 7) is 4.54. The summed E-state index contributed by atoms with van der Waals surface area (Å²) in [5.41, 5.74) is 3.55. The lowest BCUT2D eigenvalue weighted by Gasteiger charge is -2.09. The van der Waals surface area contributed by atoms with Crippen LogP contribution in [-0.2, 0) is 13.2 Å². The fourth-order valence-electron chi connectivity index (χ4n) is 3.08. The predicted molar refractivity (Wildman–Crippen MR) is 112 cm³/mol. The van der Waals surface area contributed by atoms with Crippen molar-refractivity contribution in [3.63, 3.8) is 0 Å². The third kappa shape index (κ3) is 4.41. The highest BCUT2D eigenvalue weighted by Crippen LogP contribution is 2.21. The fourth-order valence-corrected chi connectivity index (χ4v) is 3.08. The molecular formula is C23H22N4O3. The van der Waals surface area contributed by atoms with Crippen LogP contribution in [0, 0.1) is 13.8 Å². The highest BCUT2D eigenvalue weighted by molar-refractivity contribution is 6.03. The molecule has 30 heavy (non-hydrogen) atoms. The Balaban J connectivity index is 1.44. The zero-order valence-electron chi connectivity index (χ0n) is 16.8. The van der Waals surface area contributed by atoms with E-state index in [4.69, 9.17) is 9.26 Å². The molecule has 0 radical (unpaired) electrons. The van der Waals surface area contributed by atoms with Gasteiger partial charge in [-0.1, -0.05) is 53.7 Å². The molecule has 0 spiro atoms. The number of anilines is 1. The van der Waals surface area contributed by atoms with Crippen LogP contribution in [0.4, 0.5) is 5.69 Å². The van der Waals surface area contributed by atoms with Gasteiger partial charge in [0.25, 0.3) is 5.91 Å². The van der Waals surface area contributed by atoms with Gasteiger partial charge in [0.2, 0.25) is 0 Å². The Hall–Kier alpha value is -3.87. The Morgan fingerprint density at radius 1 is 1.10 bits per heavy atom. The van der Waals surface area contributed by atoms with Gasteiger partial charge >= 0.3 is 0 Å². The summed E-state index contributed by atoms with van der Waals surface area (Å²) in [5.74, 6) is 0.939. The second-order valence-electron chi connectivity index (χ2n) is 6.99. The number of hydrogen-bond donors (Lipinski definition) is 1. The molecule has 0 fully saturated rings. The summed E-state index contributed by atoms with van der Waals surface area (Å²) >= 11 is 0. The molecular weight excluding hydrogens is 380 g/mol. The molecule has 4 rings (SSSR count). The molecule has 2 aromatic heterocycles. The second kappa shape index (κ2) is 8.65. The van der Waals surface area contributed by atoms with Crippen molar-refractivity contribution < 1.29 is 14.1 Å². The first-order chi connectivity index (χ1) is 14.6. The number of para-hydroxylation sites is 1. The number of nitrogens with zero attached hydrogens (tertiary/aromatic N) is 3. The minimum Gasteiger partial charge on any atom is -0.488 e. The Labute approximate surface area is 174 Å². The number of carbonyl (C=O) groups excluding carboxylic acids is 1. The molecule has 0 aliphatic rings. The number of rotatable bonds is 7. The number of nitrogens with one attached hydrogen (secondary N) is 1. The molecule has 7 nitrogen and oxygen atoms in total. The van der Waals surface area contributed by atoms with Crippen LogP contribution in [0.15, 0.2) is 71.5 Å². The molecule has 2 aromatic carbocycles. The summed E-state index contributed by atoms with van der Waals surface area (Å²) < 4.78 is 12.9. The van der Waals surface area contributed by atoms with Crippen LogP contribution in [0.25, 0.3) is 0 Å². The van der Waals surface area contributed by atoms with Crippen molar-refractivity contribution in [3.05, 3.63) is 95.1 Å². The van der Waals surface area contributed by atoms with Gasteiger partial charge in [0.1, 0.15) is 18.1 Å². The molecule has 7 heteroatoms. The van der Waals surface area contributed by atoms with E-state index in [1.54, 1.807) is 24.0 Å². The van der Waals surface area contributed by atoms with Gasteiger partial charge < -0.3 is 14.6 Å². The van der Waals surface area contributed by atoms with Crippen LogP contribution < -0.4 is 10.1 Å². The standard InChI is InChI=1S/C23H22N4O3/c1-16-8-6-7-11-21(16)29-15-20-17(2)30-26-22(20)23(28)25-19-12-24-27(14-19)13-18-9-4-3-5-10-18/h3-12,14H,13,15H2,1-2H3,(H,25,28). The molecule has 0 atom stereocenters. The van der Waals surface area contributed by atoms with Crippen LogP contribution in [0.5, 0.6) is 5.75 Å². The Bertz CT molecular complexity index is 1150. The highest BCUT2D eigenvalue weighted by atomic mass is 16.5. The minimum absolute atomic E-state index is 0.191. The van der Waals surface area contributed by atoms with Crippen LogP contribution in [0.3, 0.4) is 0 Å². The molecule has 1 amide bonds. The van der Waals surface area contributed by atoms with Crippen molar-refractivity contribution in [3.8, 4) is 5.75 Å². The van der Waals surface area contributed by atoms with Gasteiger partial charge in [-0.05, 0) is 31.0 Å². The number of benzene rings is 2. The van der Waals surface area contributed by atoms with E-state index in [2.05, 4.69) is 15.6 Å². The first kappa shape index (κ1) is 19.4. The van der Waals surface area contributed by atoms with E-state index in [0.717, 1.165) is 16.9 Å². The maximum Gasteiger partial charge on any atom is 0.278 e. The molecule has 0 unspecified atom stereocenters. The van der Waals surface area contributed by atoms with Crippen LogP contribution in [0.2, 0.25) is 0 Å². The van der Waals surface area contributed by atoms with Crippen molar-refractivity contribution in [2.45, 2.75) is 27.0 Å². The van der Waals surface area contributed by atoms with E-state index in [9.17, 15) is 4.79 Å². The molecule has 0 saturated carbocycles. The van der Waals surface area contributed by atoms with Crippen LogP contribution >= 0.6 is 0 Å². The molecule has 1 N–H and O–H groups in total. The monoisotopic (exact) mass is 402 g/mol. The number of aryl methyl sites for hydroxylation is 2. The minimum atomic E-state index is -0.366. The van der Waals surface area contributed by atoms with Gasteiger partial charge in [-0.3, -0.25) is 9.48 Å². The largest absolute Gasteiger partial charge is 0.488 e. The lowest BCUT2D eigenvalue weighted by Crippen LogP contribution is -2.15. The smallest absolute Gasteiger partial charge is 0.278 e. The van der Waals surface area contributed by atoms with Crippen molar-refractivity contribution in [2.75, 3.05) is 5.32 Å². The molecule has 152 valence electrons. The van der Waals surface area contributed by atoms with Gasteiger partial charge in [0.05, 0.1) is 24.0 Å². The van der Waals surface area contributed by atoms with E-state index < -0.39 is 0 Å². The lowest BCUT2D eigenvalue weighted by atomic mass is 10.2. The average molecular weight is 402 g/mol. The summed E-state index contributed by atoms with van der Waals surface area (Å²) in [6, 6.07) is 17.7. The first-order valence-electron chi connectivity index (χ1n) is 9.61. The summed E-state index contributed by atoms with van der Waals surface area (Å²) in [5, 5.41) is 11.1. The normalized spacial score (nSPS) is 10.7. The molecule has 0 aliphatic heterocycles. The van der Waals surface area contributed by atoms with Crippen LogP contribution in [-0.4, -0.2) is 20.8 Å². The molecule has 2 heterocycles. The van der Waals surface area contributed by atoms with Crippen molar-refractivity contribution in [1.29, 1.82) is 0 Å². The van der Waals surface area contributed by atoms with E-state index in [0.29, 0.717) is 23.6 Å². The highest BCUT2D eigenvalue weighted by Gasteiger charge is 2.21. The van der Waals surface area contributed by atoms with Gasteiger partial charge in [0.15, 0.2) is 5.69 Å². The second-order valence-corrected chi connectivity index (χ2v) is 6.99. The maximum atomic E-state index is 12.8. The Morgan fingerprint density at radius 3 is 2.67 bits per heavy atom. The third-order valence-electron chi connectivity index (χ3n) is 4.74. The molecule has 0 bridgehead atoms. The molecule has 0 aliphatic carbocycles. The average Bonchev–Trinajstić information content (AvgIpc) is 3.34. The van der Waals surface area contributed by atoms with Gasteiger partial charge in [-0.25, -0.2) is 0 Å². The number of amides is 1. The van der Waals surface area contributed by atoms with E-state index in [1.165, 1.54) is 0 Å². The van der Waals surface area contributed by atoms with E-state index in [-0.39, 0.29) is 18.2 Å². The number of hydrogen-bond acceptors (Lipinski definition) is 5. The van der Waals surface area contributed by atoms with Crippen molar-refractivity contribution >= 4 is 11.6 Å². The Morgan fingerprint density at radius 2 is 1.87 bits per heavy atom. The van der Waals surface area contributed by atoms with Crippen LogP contribution in [0.1, 0.15) is 32.9 Å². The van der Waals surface area contributed by atoms with Crippen molar-refractivity contribution in [1.82, 2.24) is 14.9 Å². The SMILES string of the molecule is Cc1ccccc1OCc1c(C(=O)Nc2cnn(Cc3ccccc3)c2)noc1C. The maximum absolute atomic E-state index is 12.8. The summed E-state index contributed by atoms with van der Waals surface area (Å²) in [6.07, 6.45) is 3.39. The number of aromatic nitrogens is 3. The number of carbonyl (C=O) groups is 1.